The van der Waals surface area contributed by atoms with Gasteiger partial charge in [0.15, 0.2) is 0 Å². The molecule has 1 heterocycles. The molecular weight excluding hydrogens is 528 g/mol. The van der Waals surface area contributed by atoms with Gasteiger partial charge in [0.1, 0.15) is 6.29 Å². The highest BCUT2D eigenvalue weighted by Gasteiger charge is 2.14. The third-order valence-electron chi connectivity index (χ3n) is 6.69. The van der Waals surface area contributed by atoms with Crippen LogP contribution in [-0.2, 0) is 0 Å². The third kappa shape index (κ3) is 5.71. The number of fused-ring (bicyclic) bond motifs is 1. The molecule has 6 heteroatoms. The Kier molecular flexibility index (Phi) is 7.52. The van der Waals surface area contributed by atoms with Crippen molar-refractivity contribution in [2.75, 3.05) is 9.91 Å². The average molecular weight is 553 g/mol. The summed E-state index contributed by atoms with van der Waals surface area (Å²) in [6.45, 7) is 0. The fraction of sp³-hybridized carbons (Fsp3) is 0. The molecule has 41 heavy (non-hydrogen) atoms. The largest absolute Gasteiger partial charge is 0.311 e. The van der Waals surface area contributed by atoms with E-state index in [2.05, 4.69) is 58.4 Å². The number of hydrogen-bond donors (Lipinski definition) is 0. The SMILES string of the molecule is O=Cc1ccc(N(/N=C/c2ccc(N(c3ccccc3)c3ccccc3)cc2)c2ccnc3cc(Cl)ccc23)cc1. The number of carbonyl (C=O) groups excluding carboxylic acids is 1. The molecule has 0 unspecified atom stereocenters. The van der Waals surface area contributed by atoms with Gasteiger partial charge in [-0.05, 0) is 90.5 Å². The van der Waals surface area contributed by atoms with Gasteiger partial charge in [0, 0.05) is 39.2 Å². The monoisotopic (exact) mass is 552 g/mol. The van der Waals surface area contributed by atoms with Gasteiger partial charge < -0.3 is 4.90 Å². The van der Waals surface area contributed by atoms with Crippen molar-refractivity contribution in [1.82, 2.24) is 4.98 Å². The lowest BCUT2D eigenvalue weighted by atomic mass is 10.1. The Bertz CT molecular complexity index is 1770. The number of benzene rings is 5. The number of rotatable bonds is 8. The van der Waals surface area contributed by atoms with Gasteiger partial charge in [-0.25, -0.2) is 5.01 Å². The summed E-state index contributed by atoms with van der Waals surface area (Å²) < 4.78 is 0. The van der Waals surface area contributed by atoms with Crippen LogP contribution in [-0.4, -0.2) is 17.5 Å². The molecule has 6 aromatic rings. The highest BCUT2D eigenvalue weighted by Crippen LogP contribution is 2.35. The van der Waals surface area contributed by atoms with Gasteiger partial charge in [0.25, 0.3) is 0 Å². The fourth-order valence-electron chi connectivity index (χ4n) is 4.69. The summed E-state index contributed by atoms with van der Waals surface area (Å²) >= 11 is 6.24. The molecule has 0 fully saturated rings. The zero-order valence-electron chi connectivity index (χ0n) is 22.0. The molecule has 5 aromatic carbocycles. The summed E-state index contributed by atoms with van der Waals surface area (Å²) in [6, 6.07) is 43.7. The second-order valence-corrected chi connectivity index (χ2v) is 9.79. The van der Waals surface area contributed by atoms with Gasteiger partial charge in [0.2, 0.25) is 0 Å². The molecule has 5 nitrogen and oxygen atoms in total. The summed E-state index contributed by atoms with van der Waals surface area (Å²) in [5, 5.41) is 8.27. The molecule has 0 bridgehead atoms. The van der Waals surface area contributed by atoms with Crippen molar-refractivity contribution in [3.8, 4) is 0 Å². The van der Waals surface area contributed by atoms with E-state index in [-0.39, 0.29) is 0 Å². The number of nitrogens with zero attached hydrogens (tertiary/aromatic N) is 4. The van der Waals surface area contributed by atoms with Crippen LogP contribution in [0.25, 0.3) is 10.9 Å². The first-order valence-corrected chi connectivity index (χ1v) is 13.5. The Hall–Kier alpha value is -5.26. The molecule has 6 rings (SSSR count). The van der Waals surface area contributed by atoms with E-state index >= 15 is 0 Å². The molecule has 0 aliphatic heterocycles. The minimum atomic E-state index is 0.598. The fourth-order valence-corrected chi connectivity index (χ4v) is 4.85. The molecule has 0 amide bonds. The first-order valence-electron chi connectivity index (χ1n) is 13.1. The first-order chi connectivity index (χ1) is 20.2. The Morgan fingerprint density at radius 1 is 0.634 bits per heavy atom. The minimum Gasteiger partial charge on any atom is -0.311 e. The predicted octanol–water partition coefficient (Wildman–Crippen LogP) is 9.34. The van der Waals surface area contributed by atoms with E-state index in [4.69, 9.17) is 16.7 Å². The summed E-state index contributed by atoms with van der Waals surface area (Å²) in [7, 11) is 0. The van der Waals surface area contributed by atoms with Crippen LogP contribution in [0.3, 0.4) is 0 Å². The summed E-state index contributed by atoms with van der Waals surface area (Å²) in [4.78, 5) is 18.0. The molecule has 0 aliphatic carbocycles. The standard InChI is InChI=1S/C35H25ClN4O/c36-28-15-20-33-34(23-28)37-22-21-35(33)40(32-18-13-27(25-41)14-19-32)38-24-26-11-16-31(17-12-26)39(29-7-3-1-4-8-29)30-9-5-2-6-10-30/h1-25H/b38-24+. The van der Waals surface area contributed by atoms with Crippen LogP contribution in [0.15, 0.2) is 145 Å². The number of carbonyl (C=O) groups is 1. The van der Waals surface area contributed by atoms with Crippen LogP contribution in [0.2, 0.25) is 5.02 Å². The Morgan fingerprint density at radius 2 is 1.22 bits per heavy atom. The topological polar surface area (TPSA) is 48.8 Å². The van der Waals surface area contributed by atoms with Crippen molar-refractivity contribution >= 4 is 63.4 Å². The van der Waals surface area contributed by atoms with Crippen molar-refractivity contribution in [1.29, 1.82) is 0 Å². The smallest absolute Gasteiger partial charge is 0.150 e. The van der Waals surface area contributed by atoms with Gasteiger partial charge in [-0.2, -0.15) is 5.10 Å². The first kappa shape index (κ1) is 26.0. The highest BCUT2D eigenvalue weighted by molar-refractivity contribution is 6.31. The summed E-state index contributed by atoms with van der Waals surface area (Å²) in [6.07, 6.45) is 4.40. The van der Waals surface area contributed by atoms with Crippen LogP contribution in [0.4, 0.5) is 28.4 Å². The van der Waals surface area contributed by atoms with Gasteiger partial charge >= 0.3 is 0 Å². The lowest BCUT2D eigenvalue weighted by Crippen LogP contribution is -2.11. The average Bonchev–Trinajstić information content (AvgIpc) is 3.03. The van der Waals surface area contributed by atoms with E-state index in [0.29, 0.717) is 10.6 Å². The second kappa shape index (κ2) is 11.9. The number of aldehydes is 1. The van der Waals surface area contributed by atoms with Crippen LogP contribution < -0.4 is 9.91 Å². The Labute approximate surface area is 243 Å². The molecule has 0 N–H and O–H groups in total. The highest BCUT2D eigenvalue weighted by atomic mass is 35.5. The number of anilines is 5. The lowest BCUT2D eigenvalue weighted by Gasteiger charge is -2.25. The lowest BCUT2D eigenvalue weighted by molar-refractivity contribution is 0.112. The summed E-state index contributed by atoms with van der Waals surface area (Å²) in [5.74, 6) is 0. The maximum absolute atomic E-state index is 11.3. The normalized spacial score (nSPS) is 11.0. The van der Waals surface area contributed by atoms with Crippen LogP contribution in [0.1, 0.15) is 15.9 Å². The van der Waals surface area contributed by atoms with Gasteiger partial charge in [-0.15, -0.1) is 0 Å². The molecular formula is C35H25ClN4O. The minimum absolute atomic E-state index is 0.598. The Morgan fingerprint density at radius 3 is 1.85 bits per heavy atom. The molecule has 0 atom stereocenters. The quantitative estimate of drug-likeness (QED) is 0.107. The number of hydrazone groups is 1. The van der Waals surface area contributed by atoms with Crippen LogP contribution >= 0.6 is 11.6 Å². The van der Waals surface area contributed by atoms with E-state index in [1.807, 2.05) is 84.0 Å². The van der Waals surface area contributed by atoms with E-state index < -0.39 is 0 Å². The van der Waals surface area contributed by atoms with Gasteiger partial charge in [-0.1, -0.05) is 60.1 Å². The van der Waals surface area contributed by atoms with Crippen LogP contribution in [0.5, 0.6) is 0 Å². The van der Waals surface area contributed by atoms with Gasteiger partial charge in [0.05, 0.1) is 23.1 Å². The Balaban J connectivity index is 1.37. The van der Waals surface area contributed by atoms with E-state index in [1.54, 1.807) is 18.3 Å². The molecule has 0 spiro atoms. The number of aromatic nitrogens is 1. The maximum atomic E-state index is 11.3. The number of halogens is 1. The maximum Gasteiger partial charge on any atom is 0.150 e. The molecule has 0 aliphatic rings. The van der Waals surface area contributed by atoms with Crippen molar-refractivity contribution in [3.63, 3.8) is 0 Å². The molecule has 1 aromatic heterocycles. The van der Waals surface area contributed by atoms with Gasteiger partial charge in [-0.3, -0.25) is 9.78 Å². The summed E-state index contributed by atoms with van der Waals surface area (Å²) in [5.41, 5.74) is 7.16. The van der Waals surface area contributed by atoms with Crippen molar-refractivity contribution in [2.24, 2.45) is 5.10 Å². The van der Waals surface area contributed by atoms with E-state index in [0.717, 1.165) is 51.2 Å². The van der Waals surface area contributed by atoms with Crippen molar-refractivity contribution in [2.45, 2.75) is 0 Å². The van der Waals surface area contributed by atoms with Crippen LogP contribution in [0, 0.1) is 0 Å². The second-order valence-electron chi connectivity index (χ2n) is 9.36. The zero-order valence-corrected chi connectivity index (χ0v) is 22.8. The number of pyridine rings is 1. The molecule has 0 saturated heterocycles. The van der Waals surface area contributed by atoms with E-state index in [9.17, 15) is 4.79 Å². The molecule has 0 radical (unpaired) electrons. The molecule has 0 saturated carbocycles. The predicted molar refractivity (Wildman–Crippen MR) is 169 cm³/mol. The third-order valence-corrected chi connectivity index (χ3v) is 6.92. The number of hydrogen-bond acceptors (Lipinski definition) is 5. The molecule has 198 valence electrons. The van der Waals surface area contributed by atoms with E-state index in [1.165, 1.54) is 0 Å². The number of para-hydroxylation sites is 2. The van der Waals surface area contributed by atoms with Crippen molar-refractivity contribution in [3.05, 3.63) is 156 Å². The van der Waals surface area contributed by atoms with Crippen molar-refractivity contribution < 1.29 is 4.79 Å². The zero-order chi connectivity index (χ0) is 28.0.